The van der Waals surface area contributed by atoms with Crippen LogP contribution in [0.4, 0.5) is 5.69 Å². The number of fused-ring (bicyclic) bond motifs is 5. The van der Waals surface area contributed by atoms with Crippen LogP contribution in [0.25, 0.3) is 11.0 Å². The van der Waals surface area contributed by atoms with E-state index in [1.165, 1.54) is 22.5 Å². The molecule has 3 saturated heterocycles. The smallest absolute Gasteiger partial charge is 0.341 e. The standard InChI is InChI=1S/C35H42ClN5O7S/c1-20-15-30(39-14-13-38(3)25(17-39)19-47-4)21(2)32-31(20)26-11-12-40(18-28(26)35(44)48-32)34(43)27-10-5-22(16-29(27)36)33(42)37-49(45,46)41-23-6-7-24(41)9-8-23/h5,10,15-16,23-25H,6-9,11-14,17-19H2,1-4H3,(H,37,42). The minimum Gasteiger partial charge on any atom is -0.422 e. The number of carbonyl (C=O) groups excluding carboxylic acids is 2. The molecule has 1 unspecified atom stereocenters. The Bertz CT molecular complexity index is 2000. The first kappa shape index (κ1) is 34.0. The Morgan fingerprint density at radius 2 is 1.76 bits per heavy atom. The number of nitrogens with zero attached hydrogens (tertiary/aromatic N) is 4. The SMILES string of the molecule is COCC1CN(c2cc(C)c3c4c(c(=O)oc3c2C)CN(C(=O)c2ccc(C(=O)NS(=O)(=O)N3C5CCC3CC5)cc2Cl)CC4)CCN1C. The maximum Gasteiger partial charge on any atom is 0.341 e. The molecule has 1 N–H and O–H groups in total. The molecule has 3 aromatic rings. The van der Waals surface area contributed by atoms with Crippen LogP contribution in [-0.4, -0.2) is 99.4 Å². The molecule has 4 aliphatic heterocycles. The average Bonchev–Trinajstić information content (AvgIpc) is 3.69. The van der Waals surface area contributed by atoms with Crippen LogP contribution < -0.4 is 15.2 Å². The maximum atomic E-state index is 13.7. The summed E-state index contributed by atoms with van der Waals surface area (Å²) in [5.41, 5.74) is 4.59. The molecule has 1 aromatic heterocycles. The molecule has 262 valence electrons. The molecular formula is C35H42ClN5O7S. The minimum atomic E-state index is -4.00. The van der Waals surface area contributed by atoms with Gasteiger partial charge in [-0.15, -0.1) is 0 Å². The van der Waals surface area contributed by atoms with Gasteiger partial charge in [-0.25, -0.2) is 9.52 Å². The number of ether oxygens (including phenoxy) is 1. The number of aryl methyl sites for hydroxylation is 2. The van der Waals surface area contributed by atoms with Gasteiger partial charge in [-0.3, -0.25) is 14.5 Å². The summed E-state index contributed by atoms with van der Waals surface area (Å²) in [6.07, 6.45) is 3.66. The van der Waals surface area contributed by atoms with Crippen molar-refractivity contribution < 1.29 is 27.2 Å². The van der Waals surface area contributed by atoms with E-state index in [1.807, 2.05) is 13.8 Å². The third-order valence-electron chi connectivity index (χ3n) is 10.9. The largest absolute Gasteiger partial charge is 0.422 e. The summed E-state index contributed by atoms with van der Waals surface area (Å²) < 4.78 is 41.0. The van der Waals surface area contributed by atoms with E-state index in [4.69, 9.17) is 20.8 Å². The molecule has 0 spiro atoms. The third kappa shape index (κ3) is 6.03. The number of benzene rings is 2. The molecule has 7 rings (SSSR count). The van der Waals surface area contributed by atoms with Crippen LogP contribution >= 0.6 is 11.6 Å². The van der Waals surface area contributed by atoms with Gasteiger partial charge in [0.25, 0.3) is 11.8 Å². The second kappa shape index (κ2) is 13.0. The van der Waals surface area contributed by atoms with Crippen molar-refractivity contribution in [2.24, 2.45) is 0 Å². The van der Waals surface area contributed by atoms with Gasteiger partial charge in [0.1, 0.15) is 5.58 Å². The number of likely N-dealkylation sites (N-methyl/N-ethyl adjacent to an activating group) is 1. The zero-order valence-electron chi connectivity index (χ0n) is 28.3. The number of hydrogen-bond donors (Lipinski definition) is 1. The third-order valence-corrected chi connectivity index (χ3v) is 12.8. The van der Waals surface area contributed by atoms with Crippen molar-refractivity contribution in [1.29, 1.82) is 0 Å². The lowest BCUT2D eigenvalue weighted by atomic mass is 9.92. The Balaban J connectivity index is 1.10. The van der Waals surface area contributed by atoms with E-state index in [0.717, 1.165) is 73.1 Å². The second-order valence-electron chi connectivity index (χ2n) is 13.8. The number of carbonyl (C=O) groups is 2. The Kier molecular flexibility index (Phi) is 9.02. The van der Waals surface area contributed by atoms with Crippen molar-refractivity contribution in [1.82, 2.24) is 18.8 Å². The van der Waals surface area contributed by atoms with Crippen LogP contribution in [0.15, 0.2) is 33.5 Å². The fourth-order valence-corrected chi connectivity index (χ4v) is 10.2. The predicted octanol–water partition coefficient (Wildman–Crippen LogP) is 3.63. The number of halogens is 1. The maximum absolute atomic E-state index is 13.7. The van der Waals surface area contributed by atoms with Gasteiger partial charge in [0, 0.05) is 67.6 Å². The molecule has 4 aliphatic rings. The Morgan fingerprint density at radius 3 is 2.43 bits per heavy atom. The number of piperazine rings is 1. The van der Waals surface area contributed by atoms with Crippen molar-refractivity contribution in [3.63, 3.8) is 0 Å². The predicted molar refractivity (Wildman–Crippen MR) is 187 cm³/mol. The molecule has 14 heteroatoms. The number of amides is 2. The van der Waals surface area contributed by atoms with E-state index < -0.39 is 27.6 Å². The van der Waals surface area contributed by atoms with E-state index >= 15 is 0 Å². The molecule has 2 bridgehead atoms. The first-order chi connectivity index (χ1) is 23.4. The normalized spacial score (nSPS) is 22.9. The van der Waals surface area contributed by atoms with Gasteiger partial charge in [0.05, 0.1) is 35.3 Å². The molecule has 5 heterocycles. The fourth-order valence-electron chi connectivity index (χ4n) is 8.28. The summed E-state index contributed by atoms with van der Waals surface area (Å²) in [6, 6.07) is 6.40. The highest BCUT2D eigenvalue weighted by molar-refractivity contribution is 7.87. The van der Waals surface area contributed by atoms with Crippen LogP contribution in [-0.2, 0) is 27.9 Å². The van der Waals surface area contributed by atoms with Crippen LogP contribution in [0.5, 0.6) is 0 Å². The summed E-state index contributed by atoms with van der Waals surface area (Å²) in [4.78, 5) is 46.3. The van der Waals surface area contributed by atoms with Gasteiger partial charge in [-0.05, 0) is 88.4 Å². The topological polar surface area (TPSA) is 133 Å². The summed E-state index contributed by atoms with van der Waals surface area (Å²) >= 11 is 6.52. The Morgan fingerprint density at radius 1 is 1.04 bits per heavy atom. The van der Waals surface area contributed by atoms with Gasteiger partial charge in [-0.2, -0.15) is 12.7 Å². The first-order valence-electron chi connectivity index (χ1n) is 16.8. The van der Waals surface area contributed by atoms with E-state index in [1.54, 1.807) is 12.0 Å². The zero-order chi connectivity index (χ0) is 34.8. The summed E-state index contributed by atoms with van der Waals surface area (Å²) in [5.74, 6) is -1.20. The lowest BCUT2D eigenvalue weighted by Gasteiger charge is -2.41. The van der Waals surface area contributed by atoms with Crippen molar-refractivity contribution in [3.05, 3.63) is 73.1 Å². The van der Waals surface area contributed by atoms with Gasteiger partial charge in [0.2, 0.25) is 0 Å². The van der Waals surface area contributed by atoms with Gasteiger partial charge in [-0.1, -0.05) is 11.6 Å². The van der Waals surface area contributed by atoms with Crippen LogP contribution in [0.2, 0.25) is 5.02 Å². The van der Waals surface area contributed by atoms with Gasteiger partial charge >= 0.3 is 15.8 Å². The lowest BCUT2D eigenvalue weighted by Crippen LogP contribution is -2.53. The van der Waals surface area contributed by atoms with E-state index in [0.29, 0.717) is 30.7 Å². The molecule has 2 aromatic carbocycles. The Labute approximate surface area is 291 Å². The van der Waals surface area contributed by atoms with E-state index in [-0.39, 0.29) is 40.8 Å². The van der Waals surface area contributed by atoms with Crippen molar-refractivity contribution in [2.75, 3.05) is 51.8 Å². The van der Waals surface area contributed by atoms with Crippen LogP contribution in [0, 0.1) is 13.8 Å². The second-order valence-corrected chi connectivity index (χ2v) is 15.8. The van der Waals surface area contributed by atoms with Crippen molar-refractivity contribution in [3.8, 4) is 0 Å². The fraction of sp³-hybridized carbons (Fsp3) is 0.514. The van der Waals surface area contributed by atoms with Crippen molar-refractivity contribution in [2.45, 2.75) is 70.6 Å². The van der Waals surface area contributed by atoms with Gasteiger partial charge < -0.3 is 19.0 Å². The summed E-state index contributed by atoms with van der Waals surface area (Å²) in [5, 5.41) is 0.930. The number of nitrogens with one attached hydrogen (secondary N) is 1. The van der Waals surface area contributed by atoms with Gasteiger partial charge in [0.15, 0.2) is 0 Å². The molecule has 3 fully saturated rings. The average molecular weight is 712 g/mol. The quantitative estimate of drug-likeness (QED) is 0.365. The summed E-state index contributed by atoms with van der Waals surface area (Å²) in [6.45, 7) is 7.61. The molecule has 2 amide bonds. The first-order valence-corrected chi connectivity index (χ1v) is 18.7. The van der Waals surface area contributed by atoms with E-state index in [2.05, 4.69) is 27.6 Å². The van der Waals surface area contributed by atoms with Crippen LogP contribution in [0.1, 0.15) is 68.7 Å². The zero-order valence-corrected chi connectivity index (χ0v) is 29.8. The molecule has 0 aliphatic carbocycles. The number of methoxy groups -OCH3 is 1. The molecule has 0 radical (unpaired) electrons. The number of hydrogen-bond acceptors (Lipinski definition) is 9. The van der Waals surface area contributed by atoms with E-state index in [9.17, 15) is 22.8 Å². The Hall–Kier alpha value is -3.49. The number of rotatable bonds is 7. The molecule has 12 nitrogen and oxygen atoms in total. The highest BCUT2D eigenvalue weighted by atomic mass is 35.5. The number of anilines is 1. The molecule has 1 atom stereocenters. The monoisotopic (exact) mass is 711 g/mol. The minimum absolute atomic E-state index is 0.0169. The molecular weight excluding hydrogens is 670 g/mol. The van der Waals surface area contributed by atoms with Crippen molar-refractivity contribution >= 4 is 50.3 Å². The lowest BCUT2D eigenvalue weighted by molar-refractivity contribution is 0.0732. The van der Waals surface area contributed by atoms with Crippen LogP contribution in [0.3, 0.4) is 0 Å². The summed E-state index contributed by atoms with van der Waals surface area (Å²) in [7, 11) is -0.181. The highest BCUT2D eigenvalue weighted by Crippen LogP contribution is 2.39. The molecule has 0 saturated carbocycles. The highest BCUT2D eigenvalue weighted by Gasteiger charge is 2.46. The molecule has 49 heavy (non-hydrogen) atoms.